The molecule has 1 aromatic carbocycles. The summed E-state index contributed by atoms with van der Waals surface area (Å²) in [6.45, 7) is 3.85. The molecule has 1 unspecified atom stereocenters. The van der Waals surface area contributed by atoms with E-state index in [2.05, 4.69) is 16.0 Å². The molecule has 0 spiro atoms. The second kappa shape index (κ2) is 9.89. The summed E-state index contributed by atoms with van der Waals surface area (Å²) in [5.41, 5.74) is 0.645. The first-order chi connectivity index (χ1) is 11.3. The van der Waals surface area contributed by atoms with Crippen LogP contribution in [0.25, 0.3) is 0 Å². The van der Waals surface area contributed by atoms with E-state index in [9.17, 15) is 14.4 Å². The molecule has 1 rings (SSSR count). The number of likely N-dealkylation sites (N-methyl/N-ethyl adjacent to an activating group) is 1. The molecule has 0 heterocycles. The average Bonchev–Trinajstić information content (AvgIpc) is 2.46. The van der Waals surface area contributed by atoms with Gasteiger partial charge in [-0.05, 0) is 38.1 Å². The minimum atomic E-state index is -0.286. The van der Waals surface area contributed by atoms with Gasteiger partial charge in [0.15, 0.2) is 13.1 Å². The summed E-state index contributed by atoms with van der Waals surface area (Å²) in [6, 6.07) is 6.80. The molecule has 8 heteroatoms. The number of hydrogen-bond acceptors (Lipinski definition) is 3. The molecule has 1 atom stereocenters. The Bertz CT molecular complexity index is 575. The van der Waals surface area contributed by atoms with Gasteiger partial charge in [-0.1, -0.05) is 11.6 Å². The first-order valence-electron chi connectivity index (χ1n) is 7.69. The van der Waals surface area contributed by atoms with Gasteiger partial charge in [-0.25, -0.2) is 0 Å². The molecule has 7 nitrogen and oxygen atoms in total. The highest BCUT2D eigenvalue weighted by Gasteiger charge is 2.15. The molecule has 0 aliphatic heterocycles. The summed E-state index contributed by atoms with van der Waals surface area (Å²) < 4.78 is 0. The second-order valence-corrected chi connectivity index (χ2v) is 6.30. The van der Waals surface area contributed by atoms with Crippen molar-refractivity contribution in [2.45, 2.75) is 19.9 Å². The lowest BCUT2D eigenvalue weighted by Gasteiger charge is -2.14. The summed E-state index contributed by atoms with van der Waals surface area (Å²) >= 11 is 5.78. The Morgan fingerprint density at radius 2 is 1.62 bits per heavy atom. The van der Waals surface area contributed by atoms with Crippen LogP contribution in [0.2, 0.25) is 5.02 Å². The third kappa shape index (κ3) is 8.50. The maximum atomic E-state index is 11.9. The highest BCUT2D eigenvalue weighted by Crippen LogP contribution is 2.12. The summed E-state index contributed by atoms with van der Waals surface area (Å²) in [6.07, 6.45) is 0. The Morgan fingerprint density at radius 1 is 1.04 bits per heavy atom. The van der Waals surface area contributed by atoms with Crippen molar-refractivity contribution in [2.24, 2.45) is 0 Å². The largest absolute Gasteiger partial charge is 0.352 e. The van der Waals surface area contributed by atoms with Crippen LogP contribution in [-0.2, 0) is 14.4 Å². The van der Waals surface area contributed by atoms with E-state index < -0.39 is 0 Å². The zero-order chi connectivity index (χ0) is 18.1. The summed E-state index contributed by atoms with van der Waals surface area (Å²) in [4.78, 5) is 35.8. The highest BCUT2D eigenvalue weighted by atomic mass is 35.5. The van der Waals surface area contributed by atoms with E-state index in [-0.39, 0.29) is 43.4 Å². The van der Waals surface area contributed by atoms with Crippen LogP contribution in [0, 0.1) is 0 Å². The van der Waals surface area contributed by atoms with E-state index in [1.165, 1.54) is 0 Å². The number of quaternary nitrogens is 1. The van der Waals surface area contributed by atoms with Crippen LogP contribution in [0.15, 0.2) is 24.3 Å². The van der Waals surface area contributed by atoms with Gasteiger partial charge in [-0.3, -0.25) is 14.4 Å². The van der Waals surface area contributed by atoms with Crippen molar-refractivity contribution < 1.29 is 19.3 Å². The third-order valence-corrected chi connectivity index (χ3v) is 3.20. The number of halogens is 1. The molecule has 4 N–H and O–H groups in total. The van der Waals surface area contributed by atoms with Crippen LogP contribution < -0.4 is 20.9 Å². The van der Waals surface area contributed by atoms with Crippen molar-refractivity contribution in [2.75, 3.05) is 32.0 Å². The van der Waals surface area contributed by atoms with Gasteiger partial charge >= 0.3 is 0 Å². The van der Waals surface area contributed by atoms with Gasteiger partial charge < -0.3 is 20.9 Å². The number of carbonyl (C=O) groups excluding carboxylic acids is 3. The Morgan fingerprint density at radius 3 is 2.21 bits per heavy atom. The standard InChI is InChI=1S/C16H23ClN4O3/c1-11(2)19-14(22)8-18-15(23)9-21(3)10-16(24)20-13-6-4-12(17)5-7-13/h4-7,11H,8-10H2,1-3H3,(H,18,23)(H,19,22)(H,20,24)/p+1. The molecule has 0 aliphatic carbocycles. The number of amides is 3. The normalized spacial score (nSPS) is 11.7. The molecule has 0 saturated carbocycles. The van der Waals surface area contributed by atoms with Crippen molar-refractivity contribution in [3.8, 4) is 0 Å². The fraction of sp³-hybridized carbons (Fsp3) is 0.438. The van der Waals surface area contributed by atoms with Gasteiger partial charge in [0.05, 0.1) is 13.6 Å². The number of hydrogen-bond donors (Lipinski definition) is 4. The molecule has 3 amide bonds. The van der Waals surface area contributed by atoms with E-state index in [0.717, 1.165) is 0 Å². The van der Waals surface area contributed by atoms with Gasteiger partial charge in [-0.2, -0.15) is 0 Å². The maximum absolute atomic E-state index is 11.9. The summed E-state index contributed by atoms with van der Waals surface area (Å²) in [5, 5.41) is 8.53. The Labute approximate surface area is 146 Å². The Hall–Kier alpha value is -2.12. The zero-order valence-corrected chi connectivity index (χ0v) is 14.9. The predicted octanol–water partition coefficient (Wildman–Crippen LogP) is -0.566. The lowest BCUT2D eigenvalue weighted by molar-refractivity contribution is -0.862. The van der Waals surface area contributed by atoms with Crippen molar-refractivity contribution in [1.29, 1.82) is 0 Å². The van der Waals surface area contributed by atoms with Crippen molar-refractivity contribution in [3.63, 3.8) is 0 Å². The SMILES string of the molecule is CC(C)NC(=O)CNC(=O)C[NH+](C)CC(=O)Nc1ccc(Cl)cc1. The zero-order valence-electron chi connectivity index (χ0n) is 14.1. The second-order valence-electron chi connectivity index (χ2n) is 5.86. The van der Waals surface area contributed by atoms with Crippen LogP contribution in [0.1, 0.15) is 13.8 Å². The lowest BCUT2D eigenvalue weighted by Crippen LogP contribution is -3.11. The molecular formula is C16H24ClN4O3+. The van der Waals surface area contributed by atoms with Crippen molar-refractivity contribution in [3.05, 3.63) is 29.3 Å². The fourth-order valence-corrected chi connectivity index (χ4v) is 2.09. The first kappa shape index (κ1) is 19.9. The molecule has 0 radical (unpaired) electrons. The van der Waals surface area contributed by atoms with Crippen molar-refractivity contribution >= 4 is 35.0 Å². The molecule has 0 saturated heterocycles. The monoisotopic (exact) mass is 355 g/mol. The topological polar surface area (TPSA) is 91.7 Å². The minimum Gasteiger partial charge on any atom is -0.352 e. The lowest BCUT2D eigenvalue weighted by atomic mass is 10.3. The summed E-state index contributed by atoms with van der Waals surface area (Å²) in [5.74, 6) is -0.734. The van der Waals surface area contributed by atoms with E-state index in [4.69, 9.17) is 11.6 Å². The molecular weight excluding hydrogens is 332 g/mol. The predicted molar refractivity (Wildman–Crippen MR) is 93.0 cm³/mol. The molecule has 1 aromatic rings. The van der Waals surface area contributed by atoms with E-state index in [1.54, 1.807) is 31.3 Å². The number of nitrogens with one attached hydrogen (secondary N) is 4. The third-order valence-electron chi connectivity index (χ3n) is 2.95. The molecule has 0 aliphatic rings. The van der Waals surface area contributed by atoms with Crippen LogP contribution >= 0.6 is 11.6 Å². The number of benzene rings is 1. The van der Waals surface area contributed by atoms with Crippen LogP contribution in [0.3, 0.4) is 0 Å². The first-order valence-corrected chi connectivity index (χ1v) is 8.07. The molecule has 0 aromatic heterocycles. The highest BCUT2D eigenvalue weighted by molar-refractivity contribution is 6.30. The number of rotatable bonds is 8. The minimum absolute atomic E-state index is 0.0271. The molecule has 0 bridgehead atoms. The Balaban J connectivity index is 2.30. The fourth-order valence-electron chi connectivity index (χ4n) is 1.96. The quantitative estimate of drug-likeness (QED) is 0.503. The number of anilines is 1. The van der Waals surface area contributed by atoms with Gasteiger partial charge in [0.25, 0.3) is 11.8 Å². The van der Waals surface area contributed by atoms with Gasteiger partial charge in [0.2, 0.25) is 5.91 Å². The van der Waals surface area contributed by atoms with Gasteiger partial charge in [0, 0.05) is 16.8 Å². The maximum Gasteiger partial charge on any atom is 0.279 e. The average molecular weight is 356 g/mol. The summed E-state index contributed by atoms with van der Waals surface area (Å²) in [7, 11) is 1.73. The van der Waals surface area contributed by atoms with E-state index >= 15 is 0 Å². The molecule has 0 fully saturated rings. The number of carbonyl (C=O) groups is 3. The van der Waals surface area contributed by atoms with E-state index in [1.807, 2.05) is 13.8 Å². The van der Waals surface area contributed by atoms with Gasteiger partial charge in [0.1, 0.15) is 0 Å². The van der Waals surface area contributed by atoms with E-state index in [0.29, 0.717) is 15.6 Å². The van der Waals surface area contributed by atoms with Crippen LogP contribution in [0.5, 0.6) is 0 Å². The van der Waals surface area contributed by atoms with Crippen molar-refractivity contribution in [1.82, 2.24) is 10.6 Å². The Kier molecular flexibility index (Phi) is 8.21. The van der Waals surface area contributed by atoms with Crippen LogP contribution in [0.4, 0.5) is 5.69 Å². The smallest absolute Gasteiger partial charge is 0.279 e. The van der Waals surface area contributed by atoms with Gasteiger partial charge in [-0.15, -0.1) is 0 Å². The molecule has 132 valence electrons. The molecule has 24 heavy (non-hydrogen) atoms. The van der Waals surface area contributed by atoms with Crippen LogP contribution in [-0.4, -0.2) is 50.4 Å².